The Hall–Kier alpha value is -1.49. The first-order chi connectivity index (χ1) is 6.94. The molecule has 15 heavy (non-hydrogen) atoms. The van der Waals surface area contributed by atoms with Crippen LogP contribution in [0.4, 0.5) is 5.69 Å². The Morgan fingerprint density at radius 2 is 2.07 bits per heavy atom. The molecule has 0 saturated carbocycles. The molecule has 2 rings (SSSR count). The number of benzene rings is 1. The second-order valence-corrected chi connectivity index (χ2v) is 5.85. The molecule has 0 aliphatic rings. The number of sulfone groups is 1. The standard InChI is InChI=1S/C10H12N2O2S/c1-15(13,14)6-9-4-7-2-3-8(11)5-10(7)12-9/h2-5,12H,6,11H2,1H3. The van der Waals surface area contributed by atoms with E-state index in [4.69, 9.17) is 5.73 Å². The zero-order valence-electron chi connectivity index (χ0n) is 8.32. The topological polar surface area (TPSA) is 75.9 Å². The maximum absolute atomic E-state index is 11.1. The highest BCUT2D eigenvalue weighted by Crippen LogP contribution is 2.19. The molecule has 4 nitrogen and oxygen atoms in total. The third-order valence-corrected chi connectivity index (χ3v) is 2.96. The summed E-state index contributed by atoms with van der Waals surface area (Å²) in [5.74, 6) is 0.0293. The van der Waals surface area contributed by atoms with Crippen molar-refractivity contribution in [2.45, 2.75) is 5.75 Å². The van der Waals surface area contributed by atoms with E-state index in [1.54, 1.807) is 12.1 Å². The molecule has 0 spiro atoms. The minimum atomic E-state index is -3.00. The van der Waals surface area contributed by atoms with Crippen molar-refractivity contribution in [1.82, 2.24) is 4.98 Å². The van der Waals surface area contributed by atoms with E-state index in [2.05, 4.69) is 4.98 Å². The summed E-state index contributed by atoms with van der Waals surface area (Å²) < 4.78 is 22.2. The van der Waals surface area contributed by atoms with Gasteiger partial charge in [0.05, 0.1) is 5.75 Å². The van der Waals surface area contributed by atoms with Gasteiger partial charge in [0.25, 0.3) is 0 Å². The highest BCUT2D eigenvalue weighted by atomic mass is 32.2. The maximum Gasteiger partial charge on any atom is 0.153 e. The fraction of sp³-hybridized carbons (Fsp3) is 0.200. The molecule has 0 atom stereocenters. The average Bonchev–Trinajstić information content (AvgIpc) is 2.42. The Balaban J connectivity index is 2.48. The summed E-state index contributed by atoms with van der Waals surface area (Å²) in [4.78, 5) is 3.03. The quantitative estimate of drug-likeness (QED) is 0.755. The first-order valence-electron chi connectivity index (χ1n) is 4.49. The van der Waals surface area contributed by atoms with Crippen molar-refractivity contribution in [3.63, 3.8) is 0 Å². The number of fused-ring (bicyclic) bond motifs is 1. The molecule has 0 bridgehead atoms. The van der Waals surface area contributed by atoms with E-state index < -0.39 is 9.84 Å². The lowest BCUT2D eigenvalue weighted by Crippen LogP contribution is -2.00. The van der Waals surface area contributed by atoms with Gasteiger partial charge in [-0.25, -0.2) is 8.42 Å². The summed E-state index contributed by atoms with van der Waals surface area (Å²) in [7, 11) is -3.00. The Morgan fingerprint density at radius 3 is 2.73 bits per heavy atom. The summed E-state index contributed by atoms with van der Waals surface area (Å²) in [6.45, 7) is 0. The molecule has 5 heteroatoms. The van der Waals surface area contributed by atoms with Crippen molar-refractivity contribution >= 4 is 26.4 Å². The number of aromatic nitrogens is 1. The molecular weight excluding hydrogens is 212 g/mol. The van der Waals surface area contributed by atoms with E-state index in [0.717, 1.165) is 10.9 Å². The minimum Gasteiger partial charge on any atom is -0.399 e. The van der Waals surface area contributed by atoms with Gasteiger partial charge in [-0.05, 0) is 23.6 Å². The summed E-state index contributed by atoms with van der Waals surface area (Å²) >= 11 is 0. The molecule has 0 aliphatic carbocycles. The summed E-state index contributed by atoms with van der Waals surface area (Å²) in [6.07, 6.45) is 1.22. The largest absolute Gasteiger partial charge is 0.399 e. The Kier molecular flexibility index (Phi) is 2.19. The van der Waals surface area contributed by atoms with Gasteiger partial charge in [-0.3, -0.25) is 0 Å². The Morgan fingerprint density at radius 1 is 1.33 bits per heavy atom. The minimum absolute atomic E-state index is 0.0293. The lowest BCUT2D eigenvalue weighted by Gasteiger charge is -1.93. The highest BCUT2D eigenvalue weighted by Gasteiger charge is 2.07. The monoisotopic (exact) mass is 224 g/mol. The number of nitrogens with two attached hydrogens (primary N) is 1. The molecule has 80 valence electrons. The van der Waals surface area contributed by atoms with Crippen LogP contribution in [0.15, 0.2) is 24.3 Å². The molecule has 0 unspecified atom stereocenters. The van der Waals surface area contributed by atoms with Crippen LogP contribution in [0.1, 0.15) is 5.69 Å². The van der Waals surface area contributed by atoms with Crippen LogP contribution in [-0.4, -0.2) is 19.7 Å². The van der Waals surface area contributed by atoms with Gasteiger partial charge in [-0.15, -0.1) is 0 Å². The number of hydrogen-bond donors (Lipinski definition) is 2. The van der Waals surface area contributed by atoms with Crippen molar-refractivity contribution in [2.75, 3.05) is 12.0 Å². The zero-order valence-corrected chi connectivity index (χ0v) is 9.14. The molecule has 2 aromatic rings. The van der Waals surface area contributed by atoms with Crippen molar-refractivity contribution in [2.24, 2.45) is 0 Å². The molecular formula is C10H12N2O2S. The van der Waals surface area contributed by atoms with Crippen LogP contribution >= 0.6 is 0 Å². The molecule has 0 radical (unpaired) electrons. The van der Waals surface area contributed by atoms with Crippen LogP contribution in [0.5, 0.6) is 0 Å². The van der Waals surface area contributed by atoms with Gasteiger partial charge in [-0.1, -0.05) is 6.07 Å². The average molecular weight is 224 g/mol. The van der Waals surface area contributed by atoms with E-state index in [1.807, 2.05) is 12.1 Å². The second-order valence-electron chi connectivity index (χ2n) is 3.71. The molecule has 1 aromatic heterocycles. The lowest BCUT2D eigenvalue weighted by atomic mass is 10.2. The number of hydrogen-bond acceptors (Lipinski definition) is 3. The number of aromatic amines is 1. The Bertz CT molecular complexity index is 599. The number of rotatable bonds is 2. The van der Waals surface area contributed by atoms with E-state index in [9.17, 15) is 8.42 Å². The number of nitrogen functional groups attached to an aromatic ring is 1. The lowest BCUT2D eigenvalue weighted by molar-refractivity contribution is 0.600. The van der Waals surface area contributed by atoms with E-state index in [-0.39, 0.29) is 5.75 Å². The first-order valence-corrected chi connectivity index (χ1v) is 6.55. The van der Waals surface area contributed by atoms with Gasteiger partial charge in [0, 0.05) is 23.2 Å². The van der Waals surface area contributed by atoms with Gasteiger partial charge in [0.2, 0.25) is 0 Å². The van der Waals surface area contributed by atoms with Crippen molar-refractivity contribution in [1.29, 1.82) is 0 Å². The predicted molar refractivity (Wildman–Crippen MR) is 61.3 cm³/mol. The molecule has 0 aliphatic heterocycles. The van der Waals surface area contributed by atoms with Crippen LogP contribution in [-0.2, 0) is 15.6 Å². The molecule has 0 fully saturated rings. The molecule has 1 aromatic carbocycles. The van der Waals surface area contributed by atoms with Gasteiger partial charge in [-0.2, -0.15) is 0 Å². The second kappa shape index (κ2) is 3.27. The van der Waals surface area contributed by atoms with Crippen molar-refractivity contribution in [3.8, 4) is 0 Å². The number of nitrogens with one attached hydrogen (secondary N) is 1. The molecule has 0 amide bonds. The third-order valence-electron chi connectivity index (χ3n) is 2.12. The maximum atomic E-state index is 11.1. The van der Waals surface area contributed by atoms with Crippen molar-refractivity contribution in [3.05, 3.63) is 30.0 Å². The smallest absolute Gasteiger partial charge is 0.153 e. The van der Waals surface area contributed by atoms with Crippen LogP contribution < -0.4 is 5.73 Å². The fourth-order valence-corrected chi connectivity index (χ4v) is 2.29. The van der Waals surface area contributed by atoms with Crippen molar-refractivity contribution < 1.29 is 8.42 Å². The molecule has 3 N–H and O–H groups in total. The highest BCUT2D eigenvalue weighted by molar-refractivity contribution is 7.89. The predicted octanol–water partition coefficient (Wildman–Crippen LogP) is 1.29. The van der Waals surface area contributed by atoms with Crippen LogP contribution in [0.3, 0.4) is 0 Å². The third kappa shape index (κ3) is 2.30. The van der Waals surface area contributed by atoms with E-state index >= 15 is 0 Å². The van der Waals surface area contributed by atoms with Gasteiger partial charge >= 0.3 is 0 Å². The zero-order chi connectivity index (χ0) is 11.1. The molecule has 0 saturated heterocycles. The van der Waals surface area contributed by atoms with Gasteiger partial charge in [0.15, 0.2) is 9.84 Å². The summed E-state index contributed by atoms with van der Waals surface area (Å²) in [5.41, 5.74) is 7.85. The summed E-state index contributed by atoms with van der Waals surface area (Å²) in [6, 6.07) is 7.28. The fourth-order valence-electron chi connectivity index (χ4n) is 1.57. The van der Waals surface area contributed by atoms with Crippen LogP contribution in [0.25, 0.3) is 10.9 Å². The summed E-state index contributed by atoms with van der Waals surface area (Å²) in [5, 5.41) is 0.975. The van der Waals surface area contributed by atoms with E-state index in [1.165, 1.54) is 6.26 Å². The Labute approximate surface area is 88.0 Å². The normalized spacial score (nSPS) is 12.1. The van der Waals surface area contributed by atoms with Crippen LogP contribution in [0, 0.1) is 0 Å². The SMILES string of the molecule is CS(=O)(=O)Cc1cc2ccc(N)cc2[nH]1. The van der Waals surface area contributed by atoms with Gasteiger partial charge in [0.1, 0.15) is 0 Å². The number of H-pyrrole nitrogens is 1. The van der Waals surface area contributed by atoms with Gasteiger partial charge < -0.3 is 10.7 Å². The first kappa shape index (κ1) is 10.0. The van der Waals surface area contributed by atoms with E-state index in [0.29, 0.717) is 11.4 Å². The molecule has 1 heterocycles. The number of anilines is 1. The van der Waals surface area contributed by atoms with Crippen LogP contribution in [0.2, 0.25) is 0 Å².